The molecule has 2 rings (SSSR count). The Kier molecular flexibility index (Phi) is 3.62. The van der Waals surface area contributed by atoms with E-state index in [0.717, 1.165) is 6.42 Å². The zero-order valence-electron chi connectivity index (χ0n) is 10.2. The zero-order valence-corrected chi connectivity index (χ0v) is 10.2. The van der Waals surface area contributed by atoms with E-state index >= 15 is 0 Å². The van der Waals surface area contributed by atoms with E-state index < -0.39 is 0 Å². The maximum atomic E-state index is 6.15. The molecule has 1 aliphatic rings. The third kappa shape index (κ3) is 2.28. The van der Waals surface area contributed by atoms with E-state index in [2.05, 4.69) is 43.4 Å². The molecule has 2 heteroatoms. The predicted octanol–water partition coefficient (Wildman–Crippen LogP) is 2.91. The summed E-state index contributed by atoms with van der Waals surface area (Å²) in [5.41, 5.74) is 8.87. The van der Waals surface area contributed by atoms with Gasteiger partial charge < -0.3 is 11.1 Å². The predicted molar refractivity (Wildman–Crippen MR) is 68.2 cm³/mol. The van der Waals surface area contributed by atoms with E-state index in [-0.39, 0.29) is 6.04 Å². The summed E-state index contributed by atoms with van der Waals surface area (Å²) in [4.78, 5) is 0. The lowest BCUT2D eigenvalue weighted by Gasteiger charge is -2.19. The molecule has 0 bridgehead atoms. The van der Waals surface area contributed by atoms with E-state index in [1.54, 1.807) is 0 Å². The summed E-state index contributed by atoms with van der Waals surface area (Å²) < 4.78 is 0. The van der Waals surface area contributed by atoms with Gasteiger partial charge in [-0.05, 0) is 30.9 Å². The molecule has 3 unspecified atom stereocenters. The number of fused-ring (bicyclic) bond motifs is 1. The van der Waals surface area contributed by atoms with E-state index in [1.165, 1.54) is 24.0 Å². The van der Waals surface area contributed by atoms with Crippen molar-refractivity contribution < 1.29 is 0 Å². The van der Waals surface area contributed by atoms with Crippen LogP contribution in [0.3, 0.4) is 0 Å². The van der Waals surface area contributed by atoms with E-state index in [9.17, 15) is 0 Å². The molecule has 1 aliphatic carbocycles. The highest BCUT2D eigenvalue weighted by Crippen LogP contribution is 2.37. The maximum Gasteiger partial charge on any atom is 0.0343 e. The Morgan fingerprint density at radius 1 is 1.38 bits per heavy atom. The van der Waals surface area contributed by atoms with Gasteiger partial charge in [0.25, 0.3) is 0 Å². The molecule has 0 aliphatic heterocycles. The second-order valence-corrected chi connectivity index (χ2v) is 4.88. The summed E-state index contributed by atoms with van der Waals surface area (Å²) >= 11 is 0. The Balaban J connectivity index is 2.09. The fourth-order valence-electron chi connectivity index (χ4n) is 2.69. The molecular formula is C14H22N2. The van der Waals surface area contributed by atoms with Gasteiger partial charge in [-0.3, -0.25) is 0 Å². The number of nitrogens with two attached hydrogens (primary N) is 1. The molecule has 0 amide bonds. The topological polar surface area (TPSA) is 38.0 Å². The lowest BCUT2D eigenvalue weighted by atomic mass is 10.1. The van der Waals surface area contributed by atoms with Crippen molar-refractivity contribution in [1.82, 2.24) is 5.32 Å². The molecule has 16 heavy (non-hydrogen) atoms. The van der Waals surface area contributed by atoms with Crippen LogP contribution in [-0.2, 0) is 0 Å². The lowest BCUT2D eigenvalue weighted by Crippen LogP contribution is -2.29. The first kappa shape index (κ1) is 11.6. The first-order chi connectivity index (χ1) is 7.72. The smallest absolute Gasteiger partial charge is 0.0343 e. The average molecular weight is 218 g/mol. The van der Waals surface area contributed by atoms with E-state index in [0.29, 0.717) is 12.1 Å². The minimum atomic E-state index is 0.211. The van der Waals surface area contributed by atoms with Crippen LogP contribution in [-0.4, -0.2) is 6.04 Å². The fourth-order valence-corrected chi connectivity index (χ4v) is 2.69. The molecule has 0 saturated carbocycles. The van der Waals surface area contributed by atoms with E-state index in [1.807, 2.05) is 0 Å². The average Bonchev–Trinajstić information content (AvgIpc) is 2.57. The number of hydrogen-bond acceptors (Lipinski definition) is 2. The summed E-state index contributed by atoms with van der Waals surface area (Å²) in [6.45, 7) is 4.49. The number of nitrogens with one attached hydrogen (secondary N) is 1. The molecule has 1 aromatic carbocycles. The standard InChI is InChI=1S/C14H22N2/c1-3-6-10(2)16-14-9-13(15)11-7-4-5-8-12(11)14/h4-5,7-8,10,13-14,16H,3,6,9,15H2,1-2H3. The molecule has 3 N–H and O–H groups in total. The van der Waals surface area contributed by atoms with Crippen molar-refractivity contribution in [2.24, 2.45) is 5.73 Å². The van der Waals surface area contributed by atoms with Crippen molar-refractivity contribution in [3.05, 3.63) is 35.4 Å². The van der Waals surface area contributed by atoms with Crippen LogP contribution in [0.2, 0.25) is 0 Å². The summed E-state index contributed by atoms with van der Waals surface area (Å²) in [6, 6.07) is 9.79. The van der Waals surface area contributed by atoms with Crippen LogP contribution in [0.25, 0.3) is 0 Å². The van der Waals surface area contributed by atoms with Crippen molar-refractivity contribution in [3.63, 3.8) is 0 Å². The highest BCUT2D eigenvalue weighted by molar-refractivity contribution is 5.37. The minimum absolute atomic E-state index is 0.211. The Hall–Kier alpha value is -0.860. The minimum Gasteiger partial charge on any atom is -0.324 e. The fraction of sp³-hybridized carbons (Fsp3) is 0.571. The highest BCUT2D eigenvalue weighted by Gasteiger charge is 2.28. The quantitative estimate of drug-likeness (QED) is 0.815. The van der Waals surface area contributed by atoms with Crippen molar-refractivity contribution in [2.75, 3.05) is 0 Å². The summed E-state index contributed by atoms with van der Waals surface area (Å²) in [6.07, 6.45) is 3.50. The third-order valence-corrected chi connectivity index (χ3v) is 3.47. The number of rotatable bonds is 4. The Morgan fingerprint density at radius 2 is 2.06 bits per heavy atom. The Morgan fingerprint density at radius 3 is 2.75 bits per heavy atom. The highest BCUT2D eigenvalue weighted by atomic mass is 15.0. The molecule has 88 valence electrons. The zero-order chi connectivity index (χ0) is 11.5. The molecule has 0 spiro atoms. The lowest BCUT2D eigenvalue weighted by molar-refractivity contribution is 0.418. The van der Waals surface area contributed by atoms with Crippen LogP contribution in [0, 0.1) is 0 Å². The Labute approximate surface area is 98.2 Å². The van der Waals surface area contributed by atoms with Crippen LogP contribution < -0.4 is 11.1 Å². The van der Waals surface area contributed by atoms with Crippen LogP contribution in [0.15, 0.2) is 24.3 Å². The molecule has 0 heterocycles. The Bertz CT molecular complexity index is 348. The second-order valence-electron chi connectivity index (χ2n) is 4.88. The van der Waals surface area contributed by atoms with Crippen LogP contribution in [0.5, 0.6) is 0 Å². The largest absolute Gasteiger partial charge is 0.324 e. The second kappa shape index (κ2) is 4.98. The molecule has 0 aromatic heterocycles. The van der Waals surface area contributed by atoms with E-state index in [4.69, 9.17) is 5.73 Å². The molecule has 1 aromatic rings. The number of benzene rings is 1. The maximum absolute atomic E-state index is 6.15. The molecule has 0 saturated heterocycles. The van der Waals surface area contributed by atoms with Gasteiger partial charge in [-0.2, -0.15) is 0 Å². The monoisotopic (exact) mass is 218 g/mol. The molecule has 3 atom stereocenters. The molecule has 2 nitrogen and oxygen atoms in total. The summed E-state index contributed by atoms with van der Waals surface area (Å²) in [5.74, 6) is 0. The summed E-state index contributed by atoms with van der Waals surface area (Å²) in [5, 5.41) is 3.69. The SMILES string of the molecule is CCCC(C)NC1CC(N)c2ccccc21. The van der Waals surface area contributed by atoms with Crippen LogP contribution in [0.1, 0.15) is 56.3 Å². The van der Waals surface area contributed by atoms with Crippen LogP contribution >= 0.6 is 0 Å². The number of hydrogen-bond donors (Lipinski definition) is 2. The first-order valence-electron chi connectivity index (χ1n) is 6.32. The van der Waals surface area contributed by atoms with Gasteiger partial charge in [0, 0.05) is 18.1 Å². The molecule has 0 fully saturated rings. The first-order valence-corrected chi connectivity index (χ1v) is 6.32. The van der Waals surface area contributed by atoms with Gasteiger partial charge in [0.1, 0.15) is 0 Å². The van der Waals surface area contributed by atoms with Gasteiger partial charge in [0.15, 0.2) is 0 Å². The van der Waals surface area contributed by atoms with Gasteiger partial charge in [0.2, 0.25) is 0 Å². The third-order valence-electron chi connectivity index (χ3n) is 3.47. The molecular weight excluding hydrogens is 196 g/mol. The van der Waals surface area contributed by atoms with Gasteiger partial charge in [-0.1, -0.05) is 37.6 Å². The van der Waals surface area contributed by atoms with Crippen LogP contribution in [0.4, 0.5) is 0 Å². The van der Waals surface area contributed by atoms with Crippen molar-refractivity contribution >= 4 is 0 Å². The normalized spacial score (nSPS) is 25.4. The summed E-state index contributed by atoms with van der Waals surface area (Å²) in [7, 11) is 0. The van der Waals surface area contributed by atoms with Gasteiger partial charge in [0.05, 0.1) is 0 Å². The molecule has 0 radical (unpaired) electrons. The van der Waals surface area contributed by atoms with Crippen molar-refractivity contribution in [3.8, 4) is 0 Å². The van der Waals surface area contributed by atoms with Gasteiger partial charge >= 0.3 is 0 Å². The van der Waals surface area contributed by atoms with Crippen molar-refractivity contribution in [1.29, 1.82) is 0 Å². The van der Waals surface area contributed by atoms with Gasteiger partial charge in [-0.15, -0.1) is 0 Å². The van der Waals surface area contributed by atoms with Gasteiger partial charge in [-0.25, -0.2) is 0 Å². The van der Waals surface area contributed by atoms with Crippen molar-refractivity contribution in [2.45, 2.75) is 51.2 Å².